The normalized spacial score (nSPS) is 22.3. The highest BCUT2D eigenvalue weighted by Crippen LogP contribution is 2.24. The number of fused-ring (bicyclic) bond motifs is 1. The molecular weight excluding hydrogens is 349 g/mol. The van der Waals surface area contributed by atoms with E-state index in [9.17, 15) is 19.1 Å². The first-order valence-corrected chi connectivity index (χ1v) is 9.55. The zero-order valence-electron chi connectivity index (χ0n) is 15.2. The van der Waals surface area contributed by atoms with E-state index in [4.69, 9.17) is 0 Å². The van der Waals surface area contributed by atoms with Gasteiger partial charge in [0.2, 0.25) is 5.56 Å². The summed E-state index contributed by atoms with van der Waals surface area (Å²) in [7, 11) is 0. The Kier molecular flexibility index (Phi) is 4.97. The van der Waals surface area contributed by atoms with Crippen molar-refractivity contribution >= 4 is 16.8 Å². The van der Waals surface area contributed by atoms with Crippen molar-refractivity contribution in [2.24, 2.45) is 0 Å². The van der Waals surface area contributed by atoms with E-state index in [-0.39, 0.29) is 23.1 Å². The van der Waals surface area contributed by atoms with Crippen LogP contribution >= 0.6 is 0 Å². The van der Waals surface area contributed by atoms with Crippen molar-refractivity contribution in [1.29, 1.82) is 0 Å². The van der Waals surface area contributed by atoms with Gasteiger partial charge in [0.1, 0.15) is 5.82 Å². The predicted molar refractivity (Wildman–Crippen MR) is 100 cm³/mol. The van der Waals surface area contributed by atoms with Gasteiger partial charge in [0.25, 0.3) is 5.91 Å². The van der Waals surface area contributed by atoms with Crippen LogP contribution in [0.15, 0.2) is 29.1 Å². The fourth-order valence-corrected chi connectivity index (χ4v) is 4.32. The minimum atomic E-state index is -0.439. The number of likely N-dealkylation sites (tertiary alicyclic amines) is 2. The molecule has 144 valence electrons. The molecule has 2 aromatic rings. The SMILES string of the molecule is O=C(c1cc(=O)[nH]c2ccc(F)cc12)N1CCC(N2CCCC(O)C2)CC1. The van der Waals surface area contributed by atoms with Crippen molar-refractivity contribution in [3.05, 3.63) is 46.0 Å². The van der Waals surface area contributed by atoms with E-state index in [2.05, 4.69) is 9.88 Å². The number of aliphatic hydroxyl groups is 1. The number of aliphatic hydroxyl groups excluding tert-OH is 1. The van der Waals surface area contributed by atoms with Crippen LogP contribution in [0.25, 0.3) is 10.9 Å². The van der Waals surface area contributed by atoms with Crippen molar-refractivity contribution in [3.63, 3.8) is 0 Å². The molecule has 2 aliphatic heterocycles. The Balaban J connectivity index is 1.51. The van der Waals surface area contributed by atoms with Gasteiger partial charge in [-0.2, -0.15) is 0 Å². The molecule has 1 aromatic carbocycles. The van der Waals surface area contributed by atoms with Crippen LogP contribution in [-0.2, 0) is 0 Å². The fraction of sp³-hybridized carbons (Fsp3) is 0.500. The molecule has 2 aliphatic rings. The van der Waals surface area contributed by atoms with Crippen molar-refractivity contribution in [2.45, 2.75) is 37.8 Å². The van der Waals surface area contributed by atoms with Crippen molar-refractivity contribution in [1.82, 2.24) is 14.8 Å². The Morgan fingerprint density at radius 2 is 1.93 bits per heavy atom. The van der Waals surface area contributed by atoms with E-state index in [0.717, 1.165) is 32.2 Å². The minimum absolute atomic E-state index is 0.228. The Morgan fingerprint density at radius 3 is 2.67 bits per heavy atom. The third kappa shape index (κ3) is 3.75. The Bertz CT molecular complexity index is 905. The number of rotatable bonds is 2. The molecule has 4 rings (SSSR count). The number of benzene rings is 1. The number of pyridine rings is 1. The summed E-state index contributed by atoms with van der Waals surface area (Å²) in [6, 6.07) is 5.68. The van der Waals surface area contributed by atoms with Gasteiger partial charge in [0.05, 0.1) is 11.7 Å². The molecule has 0 aliphatic carbocycles. The topological polar surface area (TPSA) is 76.6 Å². The number of nitrogens with zero attached hydrogens (tertiary/aromatic N) is 2. The van der Waals surface area contributed by atoms with Crippen LogP contribution in [0.5, 0.6) is 0 Å². The number of H-pyrrole nitrogens is 1. The molecule has 7 heteroatoms. The number of aromatic nitrogens is 1. The van der Waals surface area contributed by atoms with E-state index in [1.165, 1.54) is 24.3 Å². The van der Waals surface area contributed by atoms with Gasteiger partial charge in [-0.25, -0.2) is 4.39 Å². The molecule has 1 aromatic heterocycles. The lowest BCUT2D eigenvalue weighted by Crippen LogP contribution is -2.50. The number of amides is 1. The number of nitrogens with one attached hydrogen (secondary N) is 1. The molecule has 0 bridgehead atoms. The molecule has 3 heterocycles. The average molecular weight is 373 g/mol. The molecule has 2 fully saturated rings. The first-order valence-electron chi connectivity index (χ1n) is 9.55. The van der Waals surface area contributed by atoms with Gasteiger partial charge >= 0.3 is 0 Å². The van der Waals surface area contributed by atoms with Crippen LogP contribution in [0, 0.1) is 5.82 Å². The standard InChI is InChI=1S/C20H24FN3O3/c21-13-3-4-18-16(10-13)17(11-19(26)22-18)20(27)23-8-5-14(6-9-23)24-7-1-2-15(25)12-24/h3-4,10-11,14-15,25H,1-2,5-9,12H2,(H,22,26). The first-order chi connectivity index (χ1) is 13.0. The maximum atomic E-state index is 13.7. The summed E-state index contributed by atoms with van der Waals surface area (Å²) < 4.78 is 13.7. The summed E-state index contributed by atoms with van der Waals surface area (Å²) in [6.45, 7) is 2.89. The second-order valence-corrected chi connectivity index (χ2v) is 7.55. The van der Waals surface area contributed by atoms with Crippen LogP contribution in [0.2, 0.25) is 0 Å². The van der Waals surface area contributed by atoms with E-state index >= 15 is 0 Å². The highest BCUT2D eigenvalue weighted by Gasteiger charge is 2.30. The van der Waals surface area contributed by atoms with Crippen LogP contribution in [0.4, 0.5) is 4.39 Å². The number of hydrogen-bond donors (Lipinski definition) is 2. The second kappa shape index (κ2) is 7.40. The van der Waals surface area contributed by atoms with Crippen LogP contribution in [0.1, 0.15) is 36.0 Å². The van der Waals surface area contributed by atoms with Crippen molar-refractivity contribution in [2.75, 3.05) is 26.2 Å². The molecular formula is C20H24FN3O3. The Hall–Kier alpha value is -2.25. The van der Waals surface area contributed by atoms with Crippen LogP contribution < -0.4 is 5.56 Å². The summed E-state index contributed by atoms with van der Waals surface area (Å²) in [6.07, 6.45) is 3.29. The zero-order valence-corrected chi connectivity index (χ0v) is 15.2. The lowest BCUT2D eigenvalue weighted by Gasteiger charge is -2.41. The number of carbonyl (C=O) groups is 1. The van der Waals surface area contributed by atoms with Gasteiger partial charge in [-0.3, -0.25) is 14.5 Å². The highest BCUT2D eigenvalue weighted by molar-refractivity contribution is 6.06. The average Bonchev–Trinajstić information content (AvgIpc) is 2.67. The Morgan fingerprint density at radius 1 is 1.15 bits per heavy atom. The van der Waals surface area contributed by atoms with Gasteiger partial charge in [0.15, 0.2) is 0 Å². The quantitative estimate of drug-likeness (QED) is 0.841. The van der Waals surface area contributed by atoms with Gasteiger partial charge in [-0.1, -0.05) is 0 Å². The number of aromatic amines is 1. The molecule has 2 saturated heterocycles. The molecule has 1 atom stereocenters. The monoisotopic (exact) mass is 373 g/mol. The predicted octanol–water partition coefficient (Wildman–Crippen LogP) is 1.73. The van der Waals surface area contributed by atoms with Gasteiger partial charge < -0.3 is 15.0 Å². The van der Waals surface area contributed by atoms with Crippen LogP contribution in [-0.4, -0.2) is 64.1 Å². The molecule has 0 saturated carbocycles. The summed E-state index contributed by atoms with van der Waals surface area (Å²) in [4.78, 5) is 31.6. The molecule has 1 amide bonds. The lowest BCUT2D eigenvalue weighted by atomic mass is 9.98. The van der Waals surface area contributed by atoms with Gasteiger partial charge in [-0.15, -0.1) is 0 Å². The summed E-state index contributed by atoms with van der Waals surface area (Å²) in [5, 5.41) is 10.3. The molecule has 6 nitrogen and oxygen atoms in total. The number of hydrogen-bond acceptors (Lipinski definition) is 4. The van der Waals surface area contributed by atoms with Crippen LogP contribution in [0.3, 0.4) is 0 Å². The lowest BCUT2D eigenvalue weighted by molar-refractivity contribution is 0.0241. The maximum Gasteiger partial charge on any atom is 0.254 e. The minimum Gasteiger partial charge on any atom is -0.392 e. The molecule has 2 N–H and O–H groups in total. The van der Waals surface area contributed by atoms with Gasteiger partial charge in [0, 0.05) is 42.6 Å². The molecule has 0 radical (unpaired) electrons. The fourth-order valence-electron chi connectivity index (χ4n) is 4.32. The van der Waals surface area contributed by atoms with Gasteiger partial charge in [-0.05, 0) is 50.4 Å². The molecule has 0 spiro atoms. The molecule has 27 heavy (non-hydrogen) atoms. The number of β-amino-alcohol motifs (C(OH)–C–C–N with tert-alkyl or cyclic N) is 1. The number of piperidine rings is 2. The third-order valence-corrected chi connectivity index (χ3v) is 5.73. The van der Waals surface area contributed by atoms with Crippen molar-refractivity contribution in [3.8, 4) is 0 Å². The number of halogens is 1. The summed E-state index contributed by atoms with van der Waals surface area (Å²) in [5.74, 6) is -0.667. The number of carbonyl (C=O) groups excluding carboxylic acids is 1. The highest BCUT2D eigenvalue weighted by atomic mass is 19.1. The summed E-state index contributed by atoms with van der Waals surface area (Å²) in [5.41, 5.74) is 0.346. The van der Waals surface area contributed by atoms with E-state index in [1.54, 1.807) is 4.90 Å². The van der Waals surface area contributed by atoms with E-state index in [1.807, 2.05) is 0 Å². The largest absolute Gasteiger partial charge is 0.392 e. The molecule has 1 unspecified atom stereocenters. The van der Waals surface area contributed by atoms with Crippen molar-refractivity contribution < 1.29 is 14.3 Å². The van der Waals surface area contributed by atoms with E-state index in [0.29, 0.717) is 36.6 Å². The smallest absolute Gasteiger partial charge is 0.254 e. The third-order valence-electron chi connectivity index (χ3n) is 5.73. The van der Waals surface area contributed by atoms with E-state index < -0.39 is 5.82 Å². The second-order valence-electron chi connectivity index (χ2n) is 7.55. The first kappa shape index (κ1) is 18.1. The summed E-state index contributed by atoms with van der Waals surface area (Å²) >= 11 is 0. The maximum absolute atomic E-state index is 13.7. The zero-order chi connectivity index (χ0) is 19.0. The Labute approximate surface area is 156 Å².